The molecule has 0 spiro atoms. The molecule has 0 aliphatic carbocycles. The Balaban J connectivity index is 1.32. The number of hydrogen-bond acceptors (Lipinski definition) is 6. The lowest BCUT2D eigenvalue weighted by atomic mass is 10.0. The van der Waals surface area contributed by atoms with Crippen LogP contribution in [0.4, 0.5) is 24.5 Å². The van der Waals surface area contributed by atoms with Crippen LogP contribution in [0.3, 0.4) is 0 Å². The molecule has 0 amide bonds. The molecule has 214 valence electrons. The second-order valence-electron chi connectivity index (χ2n) is 9.91. The number of rotatable bonds is 7. The summed E-state index contributed by atoms with van der Waals surface area (Å²) in [7, 11) is 1.54. The van der Waals surface area contributed by atoms with E-state index >= 15 is 0 Å². The minimum Gasteiger partial charge on any atom is -0.495 e. The van der Waals surface area contributed by atoms with Gasteiger partial charge in [-0.1, -0.05) is 23.6 Å². The van der Waals surface area contributed by atoms with Gasteiger partial charge in [0.15, 0.2) is 0 Å². The van der Waals surface area contributed by atoms with Crippen LogP contribution in [0, 0.1) is 11.8 Å². The van der Waals surface area contributed by atoms with Crippen LogP contribution in [0.15, 0.2) is 42.5 Å². The van der Waals surface area contributed by atoms with Crippen LogP contribution in [0.1, 0.15) is 18.5 Å². The standard InChI is InChI=1S/C29H33ClF3N5O2/c1-39-28-18-21(30)7-8-26(28)34-11-3-4-23-19-24-25(5-2-6-27(24)38(23)20-29(31,32)33)35-22-9-12-36(13-10-22)37-14-16-40-17-15-37/h2,5-8,18-19,22,34-35H,9-17,20H2,1H3. The maximum absolute atomic E-state index is 13.6. The van der Waals surface area contributed by atoms with Crippen LogP contribution in [0.25, 0.3) is 10.9 Å². The SMILES string of the molecule is COc1cc(Cl)ccc1NCC#Cc1cc2c(NC3CCN(N4CCOCC4)CC3)cccc2n1CC(F)(F)F. The molecule has 0 bridgehead atoms. The topological polar surface area (TPSA) is 53.9 Å². The van der Waals surface area contributed by atoms with E-state index in [2.05, 4.69) is 32.5 Å². The highest BCUT2D eigenvalue weighted by molar-refractivity contribution is 6.30. The first kappa shape index (κ1) is 28.4. The fraction of sp³-hybridized carbons (Fsp3) is 0.448. The first-order valence-electron chi connectivity index (χ1n) is 13.4. The molecule has 0 atom stereocenters. The van der Waals surface area contributed by atoms with E-state index in [0.717, 1.165) is 63.3 Å². The van der Waals surface area contributed by atoms with Crippen molar-refractivity contribution >= 4 is 33.9 Å². The number of morpholine rings is 1. The van der Waals surface area contributed by atoms with Gasteiger partial charge >= 0.3 is 6.18 Å². The Labute approximate surface area is 237 Å². The Hall–Kier alpha value is -3.10. The summed E-state index contributed by atoms with van der Waals surface area (Å²) in [5, 5.41) is 12.8. The molecule has 3 aromatic rings. The van der Waals surface area contributed by atoms with E-state index in [4.69, 9.17) is 21.1 Å². The largest absolute Gasteiger partial charge is 0.495 e. The molecule has 40 heavy (non-hydrogen) atoms. The lowest BCUT2D eigenvalue weighted by Crippen LogP contribution is -2.53. The number of nitrogens with zero attached hydrogens (tertiary/aromatic N) is 3. The van der Waals surface area contributed by atoms with Gasteiger partial charge in [-0.2, -0.15) is 13.2 Å². The summed E-state index contributed by atoms with van der Waals surface area (Å²) in [5.41, 5.74) is 2.34. The maximum Gasteiger partial charge on any atom is 0.406 e. The summed E-state index contributed by atoms with van der Waals surface area (Å²) >= 11 is 6.01. The van der Waals surface area contributed by atoms with Gasteiger partial charge in [-0.15, -0.1) is 0 Å². The smallest absolute Gasteiger partial charge is 0.406 e. The molecule has 2 aliphatic heterocycles. The van der Waals surface area contributed by atoms with Crippen LogP contribution in [0.2, 0.25) is 5.02 Å². The third-order valence-corrected chi connectivity index (χ3v) is 7.48. The molecular formula is C29H33ClF3N5O2. The number of hydrogen-bond donors (Lipinski definition) is 2. The molecule has 2 aliphatic rings. The number of fused-ring (bicyclic) bond motifs is 1. The van der Waals surface area contributed by atoms with Crippen molar-refractivity contribution in [3.05, 3.63) is 53.2 Å². The van der Waals surface area contributed by atoms with E-state index in [1.54, 1.807) is 36.4 Å². The fourth-order valence-electron chi connectivity index (χ4n) is 5.30. The number of alkyl halides is 3. The zero-order chi connectivity index (χ0) is 28.1. The van der Waals surface area contributed by atoms with Crippen molar-refractivity contribution in [3.8, 4) is 17.6 Å². The highest BCUT2D eigenvalue weighted by Crippen LogP contribution is 2.32. The molecule has 0 unspecified atom stereocenters. The van der Waals surface area contributed by atoms with Crippen molar-refractivity contribution in [1.29, 1.82) is 0 Å². The summed E-state index contributed by atoms with van der Waals surface area (Å²) in [5.74, 6) is 6.48. The molecule has 7 nitrogen and oxygen atoms in total. The van der Waals surface area contributed by atoms with Crippen LogP contribution >= 0.6 is 11.6 Å². The summed E-state index contributed by atoms with van der Waals surface area (Å²) < 4.78 is 52.8. The summed E-state index contributed by atoms with van der Waals surface area (Å²) in [6.45, 7) is 4.32. The number of anilines is 2. The normalized spacial score (nSPS) is 17.4. The van der Waals surface area contributed by atoms with Gasteiger partial charge in [0, 0.05) is 54.4 Å². The van der Waals surface area contributed by atoms with Crippen LogP contribution in [0.5, 0.6) is 5.75 Å². The van der Waals surface area contributed by atoms with Crippen molar-refractivity contribution in [2.75, 3.05) is 63.7 Å². The first-order chi connectivity index (χ1) is 19.3. The fourth-order valence-corrected chi connectivity index (χ4v) is 5.46. The molecule has 0 radical (unpaired) electrons. The molecule has 5 rings (SSSR count). The molecule has 2 N–H and O–H groups in total. The Kier molecular flexibility index (Phi) is 8.96. The average Bonchev–Trinajstić information content (AvgIpc) is 3.29. The Morgan fingerprint density at radius 2 is 1.77 bits per heavy atom. The van der Waals surface area contributed by atoms with Crippen LogP contribution in [-0.2, 0) is 11.3 Å². The highest BCUT2D eigenvalue weighted by Gasteiger charge is 2.30. The molecule has 1 aromatic heterocycles. The summed E-state index contributed by atoms with van der Waals surface area (Å²) in [4.78, 5) is 0. The minimum absolute atomic E-state index is 0.221. The molecular weight excluding hydrogens is 543 g/mol. The number of ether oxygens (including phenoxy) is 2. The Bertz CT molecular complexity index is 1370. The van der Waals surface area contributed by atoms with Gasteiger partial charge in [-0.25, -0.2) is 10.0 Å². The number of piperidine rings is 1. The second-order valence-corrected chi connectivity index (χ2v) is 10.3. The zero-order valence-corrected chi connectivity index (χ0v) is 23.1. The van der Waals surface area contributed by atoms with Crippen LogP contribution in [-0.4, -0.2) is 79.9 Å². The van der Waals surface area contributed by atoms with Crippen LogP contribution < -0.4 is 15.4 Å². The monoisotopic (exact) mass is 575 g/mol. The summed E-state index contributed by atoms with van der Waals surface area (Å²) in [6.07, 6.45) is -2.49. The quantitative estimate of drug-likeness (QED) is 0.365. The van der Waals surface area contributed by atoms with Gasteiger partial charge < -0.3 is 24.7 Å². The number of aromatic nitrogens is 1. The molecule has 11 heteroatoms. The maximum atomic E-state index is 13.6. The molecule has 2 saturated heterocycles. The first-order valence-corrected chi connectivity index (χ1v) is 13.8. The lowest BCUT2D eigenvalue weighted by Gasteiger charge is -2.41. The predicted molar refractivity (Wildman–Crippen MR) is 152 cm³/mol. The van der Waals surface area contributed by atoms with Crippen molar-refractivity contribution in [1.82, 2.24) is 14.6 Å². The van der Waals surface area contributed by atoms with Crippen molar-refractivity contribution in [2.45, 2.75) is 31.6 Å². The van der Waals surface area contributed by atoms with E-state index in [1.807, 2.05) is 6.07 Å². The number of hydrazine groups is 1. The van der Waals surface area contributed by atoms with Gasteiger partial charge in [-0.3, -0.25) is 0 Å². The van der Waals surface area contributed by atoms with Gasteiger partial charge in [0.2, 0.25) is 0 Å². The van der Waals surface area contributed by atoms with Gasteiger partial charge in [0.25, 0.3) is 0 Å². The van der Waals surface area contributed by atoms with E-state index in [1.165, 1.54) is 11.7 Å². The third kappa shape index (κ3) is 6.96. The molecule has 0 saturated carbocycles. The lowest BCUT2D eigenvalue weighted by molar-refractivity contribution is -0.140. The van der Waals surface area contributed by atoms with Gasteiger partial charge in [-0.05, 0) is 49.1 Å². The Morgan fingerprint density at radius 1 is 1.02 bits per heavy atom. The van der Waals surface area contributed by atoms with Gasteiger partial charge in [0.05, 0.1) is 43.8 Å². The van der Waals surface area contributed by atoms with E-state index < -0.39 is 12.7 Å². The third-order valence-electron chi connectivity index (χ3n) is 7.25. The number of halogens is 4. The predicted octanol–water partition coefficient (Wildman–Crippen LogP) is 5.45. The second kappa shape index (κ2) is 12.6. The number of nitrogens with one attached hydrogen (secondary N) is 2. The number of methoxy groups -OCH3 is 1. The minimum atomic E-state index is -4.38. The molecule has 2 aromatic carbocycles. The van der Waals surface area contributed by atoms with Crippen molar-refractivity contribution in [3.63, 3.8) is 0 Å². The zero-order valence-electron chi connectivity index (χ0n) is 22.4. The van der Waals surface area contributed by atoms with Gasteiger partial charge in [0.1, 0.15) is 12.3 Å². The molecule has 2 fully saturated rings. The number of benzene rings is 2. The highest BCUT2D eigenvalue weighted by atomic mass is 35.5. The average molecular weight is 576 g/mol. The van der Waals surface area contributed by atoms with E-state index in [-0.39, 0.29) is 12.6 Å². The van der Waals surface area contributed by atoms with E-state index in [9.17, 15) is 13.2 Å². The van der Waals surface area contributed by atoms with Crippen molar-refractivity contribution < 1.29 is 22.6 Å². The molecule has 3 heterocycles. The van der Waals surface area contributed by atoms with E-state index in [0.29, 0.717) is 27.7 Å². The summed E-state index contributed by atoms with van der Waals surface area (Å²) in [6, 6.07) is 12.6. The van der Waals surface area contributed by atoms with Crippen molar-refractivity contribution in [2.24, 2.45) is 0 Å². The Morgan fingerprint density at radius 3 is 2.50 bits per heavy atom.